The van der Waals surface area contributed by atoms with Crippen LogP contribution in [0.3, 0.4) is 0 Å². The Bertz CT molecular complexity index is 1160. The van der Waals surface area contributed by atoms with Gasteiger partial charge in [-0.15, -0.1) is 0 Å². The maximum Gasteiger partial charge on any atom is 0.355 e. The van der Waals surface area contributed by atoms with Gasteiger partial charge in [0.05, 0.1) is 18.7 Å². The quantitative estimate of drug-likeness (QED) is 0.222. The molecule has 162 valence electrons. The minimum atomic E-state index is -0.319. The van der Waals surface area contributed by atoms with Gasteiger partial charge in [0.1, 0.15) is 11.4 Å². The van der Waals surface area contributed by atoms with Gasteiger partial charge in [0.15, 0.2) is 0 Å². The van der Waals surface area contributed by atoms with E-state index in [0.717, 1.165) is 50.3 Å². The Morgan fingerprint density at radius 3 is 2.48 bits per heavy atom. The number of aromatic nitrogens is 1. The highest BCUT2D eigenvalue weighted by atomic mass is 79.9. The number of fused-ring (bicyclic) bond motifs is 2. The summed E-state index contributed by atoms with van der Waals surface area (Å²) in [6, 6.07) is 20.2. The van der Waals surface area contributed by atoms with Crippen molar-refractivity contribution in [1.82, 2.24) is 4.98 Å². The van der Waals surface area contributed by atoms with Crippen LogP contribution in [0.25, 0.3) is 21.7 Å². The maximum atomic E-state index is 12.4. The van der Waals surface area contributed by atoms with Gasteiger partial charge >= 0.3 is 5.97 Å². The number of ether oxygens (including phenoxy) is 2. The number of esters is 1. The predicted octanol–water partition coefficient (Wildman–Crippen LogP) is 7.30. The summed E-state index contributed by atoms with van der Waals surface area (Å²) in [6.07, 6.45) is 1.50. The van der Waals surface area contributed by atoms with Crippen LogP contribution in [-0.2, 0) is 11.2 Å². The summed E-state index contributed by atoms with van der Waals surface area (Å²) in [5.41, 5.74) is 2.42. The zero-order chi connectivity index (χ0) is 22.2. The molecule has 4 rings (SSSR count). The van der Waals surface area contributed by atoms with E-state index in [9.17, 15) is 4.79 Å². The Morgan fingerprint density at radius 2 is 1.68 bits per heavy atom. The van der Waals surface area contributed by atoms with E-state index in [2.05, 4.69) is 39.1 Å². The second kappa shape index (κ2) is 11.0. The lowest BCUT2D eigenvalue weighted by Crippen LogP contribution is -2.09. The number of hydrogen-bond donors (Lipinski definition) is 1. The molecule has 0 spiro atoms. The maximum absolute atomic E-state index is 12.4. The summed E-state index contributed by atoms with van der Waals surface area (Å²) in [5.74, 6) is 0.566. The van der Waals surface area contributed by atoms with Crippen LogP contribution >= 0.6 is 15.9 Å². The lowest BCUT2D eigenvalue weighted by molar-refractivity contribution is 0.0519. The monoisotopic (exact) mass is 481 g/mol. The van der Waals surface area contributed by atoms with E-state index in [1.807, 2.05) is 63.2 Å². The van der Waals surface area contributed by atoms with Gasteiger partial charge in [0.25, 0.3) is 0 Å². The largest absolute Gasteiger partial charge is 0.493 e. The molecule has 1 N–H and O–H groups in total. The number of nitrogens with one attached hydrogen (secondary N) is 1. The van der Waals surface area contributed by atoms with Crippen molar-refractivity contribution in [1.29, 1.82) is 0 Å². The number of rotatable bonds is 7. The van der Waals surface area contributed by atoms with E-state index in [-0.39, 0.29) is 5.97 Å². The molecule has 0 radical (unpaired) electrons. The highest BCUT2D eigenvalue weighted by Gasteiger charge is 2.19. The molecule has 3 aromatic carbocycles. The van der Waals surface area contributed by atoms with Crippen molar-refractivity contribution in [2.75, 3.05) is 13.2 Å². The highest BCUT2D eigenvalue weighted by Crippen LogP contribution is 2.30. The molecule has 1 aromatic heterocycles. The lowest BCUT2D eigenvalue weighted by Gasteiger charge is -2.10. The first kappa shape index (κ1) is 22.9. The molecule has 0 atom stereocenters. The van der Waals surface area contributed by atoms with Gasteiger partial charge in [-0.1, -0.05) is 62.4 Å². The Balaban J connectivity index is 0.00000132. The molecule has 0 saturated heterocycles. The molecule has 0 amide bonds. The van der Waals surface area contributed by atoms with Crippen LogP contribution in [0.4, 0.5) is 0 Å². The van der Waals surface area contributed by atoms with Crippen molar-refractivity contribution in [2.24, 2.45) is 0 Å². The second-order valence-electron chi connectivity index (χ2n) is 6.79. The zero-order valence-corrected chi connectivity index (χ0v) is 19.8. The molecule has 4 nitrogen and oxygen atoms in total. The Morgan fingerprint density at radius 1 is 0.968 bits per heavy atom. The topological polar surface area (TPSA) is 51.3 Å². The molecule has 0 saturated carbocycles. The molecule has 0 aliphatic rings. The zero-order valence-electron chi connectivity index (χ0n) is 18.2. The summed E-state index contributed by atoms with van der Waals surface area (Å²) in [6.45, 7) is 6.73. The number of halogens is 1. The van der Waals surface area contributed by atoms with Gasteiger partial charge in [-0.25, -0.2) is 4.79 Å². The van der Waals surface area contributed by atoms with Crippen molar-refractivity contribution in [3.05, 3.63) is 76.4 Å². The van der Waals surface area contributed by atoms with Gasteiger partial charge < -0.3 is 14.5 Å². The average molecular weight is 482 g/mol. The van der Waals surface area contributed by atoms with Crippen LogP contribution in [0.5, 0.6) is 5.75 Å². The van der Waals surface area contributed by atoms with Gasteiger partial charge in [0.2, 0.25) is 0 Å². The molecule has 0 bridgehead atoms. The number of carbonyl (C=O) groups is 1. The fraction of sp³-hybridized carbons (Fsp3) is 0.269. The van der Waals surface area contributed by atoms with Crippen LogP contribution in [0, 0.1) is 0 Å². The molecule has 0 aliphatic heterocycles. The van der Waals surface area contributed by atoms with Crippen molar-refractivity contribution in [3.63, 3.8) is 0 Å². The summed E-state index contributed by atoms with van der Waals surface area (Å²) in [7, 11) is 0. The van der Waals surface area contributed by atoms with Gasteiger partial charge in [-0.3, -0.25) is 0 Å². The smallest absolute Gasteiger partial charge is 0.355 e. The normalized spacial score (nSPS) is 10.6. The van der Waals surface area contributed by atoms with Gasteiger partial charge in [-0.05, 0) is 58.8 Å². The summed E-state index contributed by atoms with van der Waals surface area (Å²) in [5, 5.41) is 3.31. The molecule has 5 heteroatoms. The molecule has 0 aliphatic carbocycles. The number of benzene rings is 3. The van der Waals surface area contributed by atoms with E-state index in [1.54, 1.807) is 0 Å². The fourth-order valence-corrected chi connectivity index (χ4v) is 4.09. The van der Waals surface area contributed by atoms with E-state index in [0.29, 0.717) is 18.9 Å². The Labute approximate surface area is 191 Å². The van der Waals surface area contributed by atoms with Crippen LogP contribution in [0.2, 0.25) is 0 Å². The minimum Gasteiger partial charge on any atom is -0.493 e. The van der Waals surface area contributed by atoms with E-state index in [4.69, 9.17) is 9.47 Å². The van der Waals surface area contributed by atoms with Gasteiger partial charge in [0, 0.05) is 15.2 Å². The SMILES string of the molecule is CC.CCOC(=O)c1[nH]c2c(Br)cccc2c1CCCOc1cccc2ccccc12. The first-order valence-electron chi connectivity index (χ1n) is 10.8. The van der Waals surface area contributed by atoms with Crippen molar-refractivity contribution >= 4 is 43.6 Å². The molecule has 0 fully saturated rings. The summed E-state index contributed by atoms with van der Waals surface area (Å²) in [4.78, 5) is 15.7. The average Bonchev–Trinajstić information content (AvgIpc) is 3.18. The first-order valence-corrected chi connectivity index (χ1v) is 11.5. The first-order chi connectivity index (χ1) is 15.2. The Kier molecular flexibility index (Phi) is 8.13. The summed E-state index contributed by atoms with van der Waals surface area (Å²) >= 11 is 3.56. The van der Waals surface area contributed by atoms with E-state index >= 15 is 0 Å². The minimum absolute atomic E-state index is 0.319. The van der Waals surface area contributed by atoms with Crippen molar-refractivity contribution in [3.8, 4) is 5.75 Å². The number of carbonyl (C=O) groups excluding carboxylic acids is 1. The molecule has 31 heavy (non-hydrogen) atoms. The third-order valence-corrected chi connectivity index (χ3v) is 5.61. The number of H-pyrrole nitrogens is 1. The second-order valence-corrected chi connectivity index (χ2v) is 7.65. The molecular formula is C26H28BrNO3. The molecular weight excluding hydrogens is 454 g/mol. The Hall–Kier alpha value is -2.79. The third kappa shape index (κ3) is 5.10. The fourth-order valence-electron chi connectivity index (χ4n) is 3.63. The van der Waals surface area contributed by atoms with Crippen LogP contribution in [0.15, 0.2) is 65.1 Å². The molecule has 0 unspecified atom stereocenters. The summed E-state index contributed by atoms with van der Waals surface area (Å²) < 4.78 is 12.2. The molecule has 1 heterocycles. The van der Waals surface area contributed by atoms with Crippen LogP contribution in [-0.4, -0.2) is 24.2 Å². The van der Waals surface area contributed by atoms with Crippen molar-refractivity contribution < 1.29 is 14.3 Å². The van der Waals surface area contributed by atoms with Crippen LogP contribution < -0.4 is 4.74 Å². The number of aromatic amines is 1. The predicted molar refractivity (Wildman–Crippen MR) is 131 cm³/mol. The van der Waals surface area contributed by atoms with Crippen LogP contribution in [0.1, 0.15) is 43.2 Å². The van der Waals surface area contributed by atoms with Gasteiger partial charge in [-0.2, -0.15) is 0 Å². The van der Waals surface area contributed by atoms with Crippen molar-refractivity contribution in [2.45, 2.75) is 33.6 Å². The lowest BCUT2D eigenvalue weighted by atomic mass is 10.1. The number of hydrogen-bond acceptors (Lipinski definition) is 3. The van der Waals surface area contributed by atoms with E-state index < -0.39 is 0 Å². The standard InChI is InChI=1S/C24H22BrNO3.C2H6/c1-2-28-24(27)23-19(18-11-6-13-20(25)22(18)26-23)12-7-15-29-21-14-5-9-16-8-3-4-10-17(16)21;1-2/h3-6,8-11,13-14,26H,2,7,12,15H2,1H3;1-2H3. The highest BCUT2D eigenvalue weighted by molar-refractivity contribution is 9.10. The number of aryl methyl sites for hydroxylation is 1. The third-order valence-electron chi connectivity index (χ3n) is 4.95. The number of para-hydroxylation sites is 1. The molecule has 4 aromatic rings. The van der Waals surface area contributed by atoms with E-state index in [1.165, 1.54) is 0 Å².